The number of benzene rings is 1. The Morgan fingerprint density at radius 1 is 1.35 bits per heavy atom. The van der Waals surface area contributed by atoms with Crippen LogP contribution in [0.3, 0.4) is 0 Å². The standard InChI is InChI=1S/C13H17NO3/c1-13(2)16-8-11(14-9-15)12(17-13)10-6-4-3-5-7-10/h3-7,9,11-12H,8H2,1-2H3,(H,14,15)/t11-,12-/m1/s1. The quantitative estimate of drug-likeness (QED) is 0.810. The Labute approximate surface area is 101 Å². The number of carbonyl (C=O) groups excluding carboxylic acids is 1. The lowest BCUT2D eigenvalue weighted by Gasteiger charge is -2.41. The molecule has 1 aromatic rings. The van der Waals surface area contributed by atoms with Crippen molar-refractivity contribution in [1.29, 1.82) is 0 Å². The van der Waals surface area contributed by atoms with E-state index >= 15 is 0 Å². The van der Waals surface area contributed by atoms with Gasteiger partial charge < -0.3 is 14.8 Å². The minimum absolute atomic E-state index is 0.150. The Morgan fingerprint density at radius 2 is 2.06 bits per heavy atom. The summed E-state index contributed by atoms with van der Waals surface area (Å²) in [6.07, 6.45) is 0.510. The topological polar surface area (TPSA) is 47.6 Å². The average Bonchev–Trinajstić information content (AvgIpc) is 2.32. The van der Waals surface area contributed by atoms with Crippen molar-refractivity contribution in [2.45, 2.75) is 31.8 Å². The van der Waals surface area contributed by atoms with Gasteiger partial charge in [0.15, 0.2) is 5.79 Å². The van der Waals surface area contributed by atoms with E-state index in [1.54, 1.807) is 0 Å². The Balaban J connectivity index is 2.22. The van der Waals surface area contributed by atoms with E-state index in [2.05, 4.69) is 5.32 Å². The molecule has 1 amide bonds. The zero-order chi connectivity index (χ0) is 12.3. The van der Waals surface area contributed by atoms with Crippen molar-refractivity contribution >= 4 is 6.41 Å². The molecular formula is C13H17NO3. The molecule has 17 heavy (non-hydrogen) atoms. The van der Waals surface area contributed by atoms with E-state index in [-0.39, 0.29) is 12.1 Å². The van der Waals surface area contributed by atoms with Crippen LogP contribution in [0.1, 0.15) is 25.5 Å². The third kappa shape index (κ3) is 2.84. The first-order chi connectivity index (χ1) is 8.12. The van der Waals surface area contributed by atoms with Crippen LogP contribution in [0.25, 0.3) is 0 Å². The summed E-state index contributed by atoms with van der Waals surface area (Å²) < 4.78 is 11.4. The van der Waals surface area contributed by atoms with Crippen LogP contribution < -0.4 is 5.32 Å². The first-order valence-electron chi connectivity index (χ1n) is 5.69. The van der Waals surface area contributed by atoms with Gasteiger partial charge in [0.25, 0.3) is 0 Å². The van der Waals surface area contributed by atoms with E-state index in [0.29, 0.717) is 13.0 Å². The number of hydrogen-bond acceptors (Lipinski definition) is 3. The van der Waals surface area contributed by atoms with Gasteiger partial charge in [0, 0.05) is 0 Å². The van der Waals surface area contributed by atoms with Crippen LogP contribution >= 0.6 is 0 Å². The summed E-state index contributed by atoms with van der Waals surface area (Å²) in [5, 5.41) is 2.74. The van der Waals surface area contributed by atoms with Gasteiger partial charge >= 0.3 is 0 Å². The second-order valence-corrected chi connectivity index (χ2v) is 4.55. The molecule has 4 nitrogen and oxygen atoms in total. The molecule has 1 saturated heterocycles. The van der Waals surface area contributed by atoms with Crippen molar-refractivity contribution in [2.24, 2.45) is 0 Å². The predicted molar refractivity (Wildman–Crippen MR) is 63.3 cm³/mol. The van der Waals surface area contributed by atoms with Crippen LogP contribution in [0, 0.1) is 0 Å². The smallest absolute Gasteiger partial charge is 0.207 e. The summed E-state index contributed by atoms with van der Waals surface area (Å²) in [6.45, 7) is 4.20. The highest BCUT2D eigenvalue weighted by Gasteiger charge is 2.37. The van der Waals surface area contributed by atoms with Gasteiger partial charge in [-0.2, -0.15) is 0 Å². The van der Waals surface area contributed by atoms with Gasteiger partial charge in [0.2, 0.25) is 6.41 Å². The number of nitrogens with one attached hydrogen (secondary N) is 1. The molecule has 1 aliphatic heterocycles. The normalized spacial score (nSPS) is 27.4. The van der Waals surface area contributed by atoms with Crippen molar-refractivity contribution in [1.82, 2.24) is 5.32 Å². The van der Waals surface area contributed by atoms with Crippen LogP contribution in [0.15, 0.2) is 30.3 Å². The minimum atomic E-state index is -0.623. The Morgan fingerprint density at radius 3 is 2.71 bits per heavy atom. The number of ether oxygens (including phenoxy) is 2. The van der Waals surface area contributed by atoms with Crippen LogP contribution in [-0.2, 0) is 14.3 Å². The summed E-state index contributed by atoms with van der Waals surface area (Å²) in [5.74, 6) is -0.623. The fraction of sp³-hybridized carbons (Fsp3) is 0.462. The van der Waals surface area contributed by atoms with E-state index < -0.39 is 5.79 Å². The van der Waals surface area contributed by atoms with Gasteiger partial charge in [0.05, 0.1) is 12.6 Å². The molecule has 0 saturated carbocycles. The molecule has 1 fully saturated rings. The molecule has 1 heterocycles. The molecule has 0 aliphatic carbocycles. The van der Waals surface area contributed by atoms with Crippen molar-refractivity contribution in [2.75, 3.05) is 6.61 Å². The molecule has 0 aromatic heterocycles. The third-order valence-corrected chi connectivity index (χ3v) is 2.80. The molecule has 1 N–H and O–H groups in total. The summed E-state index contributed by atoms with van der Waals surface area (Å²) in [4.78, 5) is 10.6. The van der Waals surface area contributed by atoms with Gasteiger partial charge in [-0.1, -0.05) is 30.3 Å². The Kier molecular flexibility index (Phi) is 3.45. The summed E-state index contributed by atoms with van der Waals surface area (Å²) in [7, 11) is 0. The Bertz CT molecular complexity index is 378. The third-order valence-electron chi connectivity index (χ3n) is 2.80. The molecular weight excluding hydrogens is 218 g/mol. The molecule has 2 atom stereocenters. The minimum Gasteiger partial charge on any atom is -0.351 e. The monoisotopic (exact) mass is 235 g/mol. The van der Waals surface area contributed by atoms with Gasteiger partial charge in [-0.05, 0) is 19.4 Å². The molecule has 0 spiro atoms. The number of hydrogen-bond donors (Lipinski definition) is 1. The molecule has 0 unspecified atom stereocenters. The fourth-order valence-electron chi connectivity index (χ4n) is 1.97. The summed E-state index contributed by atoms with van der Waals surface area (Å²) in [6, 6.07) is 9.70. The van der Waals surface area contributed by atoms with Crippen molar-refractivity contribution in [3.8, 4) is 0 Å². The van der Waals surface area contributed by atoms with Gasteiger partial charge in [-0.3, -0.25) is 4.79 Å². The van der Waals surface area contributed by atoms with E-state index in [0.717, 1.165) is 5.56 Å². The maximum Gasteiger partial charge on any atom is 0.207 e. The van der Waals surface area contributed by atoms with Gasteiger partial charge in [-0.25, -0.2) is 0 Å². The summed E-state index contributed by atoms with van der Waals surface area (Å²) in [5.41, 5.74) is 1.04. The second-order valence-electron chi connectivity index (χ2n) is 4.55. The van der Waals surface area contributed by atoms with Crippen molar-refractivity contribution < 1.29 is 14.3 Å². The van der Waals surface area contributed by atoms with E-state index in [9.17, 15) is 4.79 Å². The highest BCUT2D eigenvalue weighted by molar-refractivity contribution is 5.47. The fourth-order valence-corrected chi connectivity index (χ4v) is 1.97. The largest absolute Gasteiger partial charge is 0.351 e. The number of amides is 1. The highest BCUT2D eigenvalue weighted by atomic mass is 16.7. The Hall–Kier alpha value is -1.39. The van der Waals surface area contributed by atoms with E-state index in [1.807, 2.05) is 44.2 Å². The molecule has 1 aromatic carbocycles. The SMILES string of the molecule is CC1(C)OC[C@@H](NC=O)[C@@H](c2ccccc2)O1. The maximum atomic E-state index is 10.6. The van der Waals surface area contributed by atoms with Crippen LogP contribution in [0.4, 0.5) is 0 Å². The lowest BCUT2D eigenvalue weighted by Crippen LogP contribution is -2.50. The second kappa shape index (κ2) is 4.85. The van der Waals surface area contributed by atoms with Crippen LogP contribution in [-0.4, -0.2) is 24.8 Å². The molecule has 92 valence electrons. The van der Waals surface area contributed by atoms with E-state index in [1.165, 1.54) is 0 Å². The molecule has 1 aliphatic rings. The first kappa shape index (κ1) is 12.1. The zero-order valence-electron chi connectivity index (χ0n) is 10.1. The maximum absolute atomic E-state index is 10.6. The number of rotatable bonds is 3. The lowest BCUT2D eigenvalue weighted by atomic mass is 10.0. The first-order valence-corrected chi connectivity index (χ1v) is 5.69. The predicted octanol–water partition coefficient (Wildman–Crippen LogP) is 1.63. The molecule has 0 bridgehead atoms. The molecule has 2 rings (SSSR count). The average molecular weight is 235 g/mol. The summed E-state index contributed by atoms with van der Waals surface area (Å²) >= 11 is 0. The molecule has 4 heteroatoms. The number of carbonyl (C=O) groups is 1. The van der Waals surface area contributed by atoms with Crippen molar-refractivity contribution in [3.05, 3.63) is 35.9 Å². The van der Waals surface area contributed by atoms with Gasteiger partial charge in [0.1, 0.15) is 6.10 Å². The zero-order valence-corrected chi connectivity index (χ0v) is 10.1. The van der Waals surface area contributed by atoms with Gasteiger partial charge in [-0.15, -0.1) is 0 Å². The lowest BCUT2D eigenvalue weighted by molar-refractivity contribution is -0.284. The van der Waals surface area contributed by atoms with Crippen LogP contribution in [0.2, 0.25) is 0 Å². The highest BCUT2D eigenvalue weighted by Crippen LogP contribution is 2.32. The molecule has 0 radical (unpaired) electrons. The van der Waals surface area contributed by atoms with E-state index in [4.69, 9.17) is 9.47 Å². The van der Waals surface area contributed by atoms with Crippen molar-refractivity contribution in [3.63, 3.8) is 0 Å². The van der Waals surface area contributed by atoms with Crippen LogP contribution in [0.5, 0.6) is 0 Å².